The molecule has 41 heavy (non-hydrogen) atoms. The van der Waals surface area contributed by atoms with Gasteiger partial charge >= 0.3 is 6.18 Å². The summed E-state index contributed by atoms with van der Waals surface area (Å²) in [4.78, 5) is 21.4. The van der Waals surface area contributed by atoms with E-state index in [4.69, 9.17) is 9.72 Å². The van der Waals surface area contributed by atoms with Gasteiger partial charge in [0.25, 0.3) is 5.91 Å². The number of aryl methyl sites for hydroxylation is 1. The molecule has 1 amide bonds. The first-order valence-corrected chi connectivity index (χ1v) is 14.9. The van der Waals surface area contributed by atoms with Crippen molar-refractivity contribution >= 4 is 23.7 Å². The molecule has 5 heterocycles. The number of aromatic nitrogens is 5. The van der Waals surface area contributed by atoms with E-state index in [0.29, 0.717) is 23.1 Å². The number of anilines is 1. The van der Waals surface area contributed by atoms with Crippen LogP contribution in [-0.2, 0) is 6.54 Å². The van der Waals surface area contributed by atoms with Gasteiger partial charge in [-0.2, -0.15) is 18.3 Å². The Morgan fingerprint density at radius 1 is 1.20 bits per heavy atom. The maximum atomic E-state index is 13.4. The molecule has 9 nitrogen and oxygen atoms in total. The molecule has 1 aliphatic carbocycles. The SMILES string of the molecule is CC1(C)CC2CCCCn3cc(cn3)SNC(=O)c3ccc(-n4ccc(OCCC5(C(F)(F)F)CC5)n4)nc3N1C2. The molecule has 0 aromatic carbocycles. The third-order valence-corrected chi connectivity index (χ3v) is 9.26. The Bertz CT molecular complexity index is 1420. The fourth-order valence-corrected chi connectivity index (χ4v) is 6.57. The van der Waals surface area contributed by atoms with E-state index in [9.17, 15) is 18.0 Å². The highest BCUT2D eigenvalue weighted by molar-refractivity contribution is 7.98. The van der Waals surface area contributed by atoms with E-state index in [1.165, 1.54) is 16.6 Å². The van der Waals surface area contributed by atoms with Crippen molar-refractivity contribution in [3.05, 3.63) is 42.4 Å². The van der Waals surface area contributed by atoms with Crippen molar-refractivity contribution < 1.29 is 22.7 Å². The second-order valence-electron chi connectivity index (χ2n) is 12.0. The van der Waals surface area contributed by atoms with Crippen LogP contribution in [-0.4, -0.2) is 55.3 Å². The van der Waals surface area contributed by atoms with Crippen molar-refractivity contribution in [2.75, 3.05) is 18.1 Å². The Balaban J connectivity index is 1.25. The number of halogens is 3. The zero-order valence-corrected chi connectivity index (χ0v) is 24.0. The van der Waals surface area contributed by atoms with Crippen LogP contribution in [0.1, 0.15) is 69.2 Å². The van der Waals surface area contributed by atoms with E-state index in [-0.39, 0.29) is 43.2 Å². The Morgan fingerprint density at radius 2 is 2.02 bits per heavy atom. The molecule has 0 radical (unpaired) electrons. The highest BCUT2D eigenvalue weighted by Crippen LogP contribution is 2.59. The van der Waals surface area contributed by atoms with Gasteiger partial charge in [0.2, 0.25) is 5.88 Å². The first kappa shape index (κ1) is 27.9. The van der Waals surface area contributed by atoms with Crippen LogP contribution in [0.2, 0.25) is 0 Å². The monoisotopic (exact) mass is 589 g/mol. The maximum absolute atomic E-state index is 13.4. The first-order valence-electron chi connectivity index (χ1n) is 14.1. The summed E-state index contributed by atoms with van der Waals surface area (Å²) < 4.78 is 51.7. The van der Waals surface area contributed by atoms with Crippen molar-refractivity contribution in [1.29, 1.82) is 0 Å². The molecule has 1 saturated heterocycles. The summed E-state index contributed by atoms with van der Waals surface area (Å²) in [6, 6.07) is 5.08. The lowest BCUT2D eigenvalue weighted by Crippen LogP contribution is -2.40. The summed E-state index contributed by atoms with van der Waals surface area (Å²) in [5, 5.41) is 8.82. The van der Waals surface area contributed by atoms with Crippen molar-refractivity contribution in [2.24, 2.45) is 11.3 Å². The Hall–Kier alpha value is -3.22. The second kappa shape index (κ2) is 10.6. The van der Waals surface area contributed by atoms with E-state index in [1.807, 2.05) is 10.9 Å². The summed E-state index contributed by atoms with van der Waals surface area (Å²) >= 11 is 1.22. The molecule has 3 aromatic heterocycles. The molecular formula is C28H34F3N7O2S. The number of hydrogen-bond donors (Lipinski definition) is 1. The number of amides is 1. The van der Waals surface area contributed by atoms with Crippen molar-refractivity contribution in [3.63, 3.8) is 0 Å². The summed E-state index contributed by atoms with van der Waals surface area (Å²) in [6.45, 7) is 5.93. The molecule has 6 rings (SSSR count). The van der Waals surface area contributed by atoms with Crippen molar-refractivity contribution in [2.45, 2.75) is 81.9 Å². The minimum absolute atomic E-state index is 0.0613. The van der Waals surface area contributed by atoms with Crippen LogP contribution in [0.25, 0.3) is 5.82 Å². The number of nitrogens with zero attached hydrogens (tertiary/aromatic N) is 6. The van der Waals surface area contributed by atoms with Gasteiger partial charge < -0.3 is 9.64 Å². The number of hydrogen-bond acceptors (Lipinski definition) is 7. The molecule has 0 spiro atoms. The van der Waals surface area contributed by atoms with Crippen LogP contribution in [0, 0.1) is 11.3 Å². The number of carbonyl (C=O) groups is 1. The molecule has 4 bridgehead atoms. The van der Waals surface area contributed by atoms with Gasteiger partial charge in [0.05, 0.1) is 28.7 Å². The molecule has 3 aliphatic rings. The molecule has 1 atom stereocenters. The van der Waals surface area contributed by atoms with Gasteiger partial charge in [-0.1, -0.05) is 6.42 Å². The van der Waals surface area contributed by atoms with Gasteiger partial charge in [0, 0.05) is 37.1 Å². The smallest absolute Gasteiger partial charge is 0.394 e. The van der Waals surface area contributed by atoms with Gasteiger partial charge in [-0.3, -0.25) is 14.2 Å². The average molecular weight is 590 g/mol. The van der Waals surface area contributed by atoms with Crippen LogP contribution >= 0.6 is 11.9 Å². The van der Waals surface area contributed by atoms with Crippen molar-refractivity contribution in [1.82, 2.24) is 29.3 Å². The van der Waals surface area contributed by atoms with Gasteiger partial charge in [-0.05, 0) is 82.4 Å². The third kappa shape index (κ3) is 5.77. The van der Waals surface area contributed by atoms with E-state index < -0.39 is 11.6 Å². The number of nitrogens with one attached hydrogen (secondary N) is 1. The lowest BCUT2D eigenvalue weighted by Gasteiger charge is -2.34. The zero-order chi connectivity index (χ0) is 28.8. The van der Waals surface area contributed by atoms with Crippen molar-refractivity contribution in [3.8, 4) is 11.7 Å². The lowest BCUT2D eigenvalue weighted by atomic mass is 9.93. The van der Waals surface area contributed by atoms with E-state index in [0.717, 1.165) is 43.7 Å². The fraction of sp³-hybridized carbons (Fsp3) is 0.571. The zero-order valence-electron chi connectivity index (χ0n) is 23.2. The Morgan fingerprint density at radius 3 is 2.80 bits per heavy atom. The number of fused-ring (bicyclic) bond motifs is 6. The van der Waals surface area contributed by atoms with Gasteiger partial charge in [0.15, 0.2) is 5.82 Å². The predicted octanol–water partition coefficient (Wildman–Crippen LogP) is 5.80. The van der Waals surface area contributed by atoms with Crippen LogP contribution in [0.15, 0.2) is 41.7 Å². The quantitative estimate of drug-likeness (QED) is 0.376. The van der Waals surface area contributed by atoms with Crippen LogP contribution in [0.5, 0.6) is 5.88 Å². The van der Waals surface area contributed by atoms with E-state index in [1.54, 1.807) is 30.6 Å². The van der Waals surface area contributed by atoms with E-state index >= 15 is 0 Å². The third-order valence-electron chi connectivity index (χ3n) is 8.53. The van der Waals surface area contributed by atoms with Gasteiger partial charge in [-0.15, -0.1) is 5.10 Å². The Kier molecular flexibility index (Phi) is 7.19. The largest absolute Gasteiger partial charge is 0.477 e. The van der Waals surface area contributed by atoms with Gasteiger partial charge in [-0.25, -0.2) is 9.67 Å². The lowest BCUT2D eigenvalue weighted by molar-refractivity contribution is -0.190. The minimum atomic E-state index is -4.21. The fourth-order valence-electron chi connectivity index (χ4n) is 5.98. The van der Waals surface area contributed by atoms with Crippen LogP contribution in [0.4, 0.5) is 19.0 Å². The molecular weight excluding hydrogens is 555 g/mol. The molecule has 1 unspecified atom stereocenters. The summed E-state index contributed by atoms with van der Waals surface area (Å²) in [5.41, 5.74) is -1.36. The summed E-state index contributed by atoms with van der Waals surface area (Å²) in [6.07, 6.45) is 5.56. The average Bonchev–Trinajstić information content (AvgIpc) is 3.23. The van der Waals surface area contributed by atoms with Crippen LogP contribution < -0.4 is 14.4 Å². The molecule has 13 heteroatoms. The molecule has 1 saturated carbocycles. The maximum Gasteiger partial charge on any atom is 0.394 e. The predicted molar refractivity (Wildman–Crippen MR) is 148 cm³/mol. The number of rotatable bonds is 5. The highest BCUT2D eigenvalue weighted by Gasteiger charge is 2.62. The molecule has 220 valence electrons. The molecule has 1 N–H and O–H groups in total. The minimum Gasteiger partial charge on any atom is -0.477 e. The summed E-state index contributed by atoms with van der Waals surface area (Å²) in [7, 11) is 0. The second-order valence-corrected chi connectivity index (χ2v) is 12.9. The number of pyridine rings is 1. The van der Waals surface area contributed by atoms with Gasteiger partial charge in [0.1, 0.15) is 5.82 Å². The topological polar surface area (TPSA) is 90.1 Å². The highest BCUT2D eigenvalue weighted by atomic mass is 32.2. The summed E-state index contributed by atoms with van der Waals surface area (Å²) in [5.74, 6) is 1.52. The first-order chi connectivity index (χ1) is 19.5. The number of alkyl halides is 3. The standard InChI is InChI=1S/C28H34F3N7O2S/c1-26(2)15-19-5-3-4-12-36-18-20(16-32-36)41-35-25(39)21-6-7-22(33-24(21)37(26)17-19)38-13-8-23(34-38)40-14-11-27(9-10-27)28(29,30)31/h6-8,13,16,18-19H,3-5,9-12,14-15,17H2,1-2H3,(H,35,39). The normalized spacial score (nSPS) is 21.9. The van der Waals surface area contributed by atoms with E-state index in [2.05, 4.69) is 33.7 Å². The Labute approximate surface area is 241 Å². The molecule has 2 fully saturated rings. The molecule has 3 aromatic rings. The number of carbonyl (C=O) groups excluding carboxylic acids is 1. The molecule has 2 aliphatic heterocycles. The van der Waals surface area contributed by atoms with Crippen LogP contribution in [0.3, 0.4) is 0 Å². The number of ether oxygens (including phenoxy) is 1.